The maximum absolute atomic E-state index is 13.6. The number of benzene rings is 2. The number of anilines is 1. The van der Waals surface area contributed by atoms with Gasteiger partial charge in [0.25, 0.3) is 0 Å². The number of rotatable bonds is 1. The predicted octanol–water partition coefficient (Wildman–Crippen LogP) is 4.38. The first kappa shape index (κ1) is 15.4. The minimum absolute atomic E-state index is 0.0379. The maximum atomic E-state index is 13.6. The van der Waals surface area contributed by atoms with E-state index in [2.05, 4.69) is 37.4 Å². The highest BCUT2D eigenvalue weighted by Crippen LogP contribution is 2.45. The molecule has 2 atom stereocenters. The highest BCUT2D eigenvalue weighted by atomic mass is 32.1. The van der Waals surface area contributed by atoms with Gasteiger partial charge in [0.2, 0.25) is 0 Å². The number of fused-ring (bicyclic) bond motifs is 4. The Kier molecular flexibility index (Phi) is 3.32. The molecule has 4 rings (SSSR count). The molecule has 2 unspecified atom stereocenters. The summed E-state index contributed by atoms with van der Waals surface area (Å²) in [6, 6.07) is 11.0. The third-order valence-electron chi connectivity index (χ3n) is 4.70. The fraction of sp³-hybridized carbons (Fsp3) is 0.316. The number of nitrogens with one attached hydrogen (secondary N) is 1. The van der Waals surface area contributed by atoms with Crippen molar-refractivity contribution in [1.82, 2.24) is 5.32 Å². The quantitative estimate of drug-likeness (QED) is 0.778. The summed E-state index contributed by atoms with van der Waals surface area (Å²) in [5, 5.41) is 3.96. The average Bonchev–Trinajstić information content (AvgIpc) is 2.46. The van der Waals surface area contributed by atoms with Gasteiger partial charge in [-0.1, -0.05) is 6.07 Å². The third kappa shape index (κ3) is 2.35. The van der Waals surface area contributed by atoms with Crippen molar-refractivity contribution < 1.29 is 9.13 Å². The largest absolute Gasteiger partial charge is 0.467 e. The van der Waals surface area contributed by atoms with Gasteiger partial charge in [-0.3, -0.25) is 4.90 Å². The molecular formula is C19H19FN2OS. The van der Waals surface area contributed by atoms with Crippen LogP contribution in [0.2, 0.25) is 0 Å². The molecule has 2 aliphatic heterocycles. The van der Waals surface area contributed by atoms with Crippen LogP contribution in [-0.4, -0.2) is 10.8 Å². The summed E-state index contributed by atoms with van der Waals surface area (Å²) in [6.45, 7) is 6.18. The smallest absolute Gasteiger partial charge is 0.188 e. The maximum Gasteiger partial charge on any atom is 0.188 e. The van der Waals surface area contributed by atoms with Crippen LogP contribution >= 0.6 is 12.2 Å². The number of nitrogens with zero attached hydrogens (tertiary/aromatic N) is 1. The van der Waals surface area contributed by atoms with Gasteiger partial charge < -0.3 is 10.1 Å². The van der Waals surface area contributed by atoms with Crippen LogP contribution < -0.4 is 15.0 Å². The van der Waals surface area contributed by atoms with Crippen LogP contribution in [0.3, 0.4) is 0 Å². The summed E-state index contributed by atoms with van der Waals surface area (Å²) in [6.07, 6.45) is 0.691. The van der Waals surface area contributed by atoms with Crippen LogP contribution in [-0.2, 0) is 0 Å². The van der Waals surface area contributed by atoms with Crippen molar-refractivity contribution >= 4 is 23.0 Å². The van der Waals surface area contributed by atoms with Gasteiger partial charge in [-0.25, -0.2) is 4.39 Å². The van der Waals surface area contributed by atoms with Crippen LogP contribution in [0.4, 0.5) is 10.1 Å². The van der Waals surface area contributed by atoms with E-state index in [-0.39, 0.29) is 11.9 Å². The molecule has 2 aromatic rings. The molecule has 24 heavy (non-hydrogen) atoms. The van der Waals surface area contributed by atoms with Gasteiger partial charge in [0.15, 0.2) is 10.8 Å². The molecule has 2 heterocycles. The highest BCUT2D eigenvalue weighted by molar-refractivity contribution is 7.80. The summed E-state index contributed by atoms with van der Waals surface area (Å²) in [7, 11) is 0. The van der Waals surface area contributed by atoms with Crippen LogP contribution in [0.25, 0.3) is 0 Å². The lowest BCUT2D eigenvalue weighted by molar-refractivity contribution is 0.0495. The van der Waals surface area contributed by atoms with Crippen molar-refractivity contribution in [3.63, 3.8) is 0 Å². The van der Waals surface area contributed by atoms with Crippen molar-refractivity contribution in [3.8, 4) is 5.75 Å². The lowest BCUT2D eigenvalue weighted by Crippen LogP contribution is -2.65. The second-order valence-electron chi connectivity index (χ2n) is 6.85. The SMILES string of the molecule is Cc1cc(C)cc(N2C(=S)NC3CC2(C)Oc2ccc(F)cc23)c1. The summed E-state index contributed by atoms with van der Waals surface area (Å²) in [4.78, 5) is 2.03. The Morgan fingerprint density at radius 2 is 1.92 bits per heavy atom. The lowest BCUT2D eigenvalue weighted by Gasteiger charge is -2.52. The minimum atomic E-state index is -0.599. The average molecular weight is 342 g/mol. The fourth-order valence-corrected chi connectivity index (χ4v) is 4.26. The Balaban J connectivity index is 1.82. The van der Waals surface area contributed by atoms with Gasteiger partial charge in [0, 0.05) is 17.7 Å². The van der Waals surface area contributed by atoms with Crippen molar-refractivity contribution in [2.24, 2.45) is 0 Å². The Hall–Kier alpha value is -2.14. The molecule has 0 amide bonds. The second kappa shape index (κ2) is 5.18. The Morgan fingerprint density at radius 3 is 2.62 bits per heavy atom. The van der Waals surface area contributed by atoms with Crippen molar-refractivity contribution in [1.29, 1.82) is 0 Å². The van der Waals surface area contributed by atoms with E-state index in [1.54, 1.807) is 6.07 Å². The van der Waals surface area contributed by atoms with Crippen LogP contribution in [0.1, 0.15) is 36.1 Å². The van der Waals surface area contributed by atoms with Crippen molar-refractivity contribution in [3.05, 3.63) is 58.9 Å². The number of aryl methyl sites for hydroxylation is 2. The molecule has 1 fully saturated rings. The number of ether oxygens (including phenoxy) is 1. The molecule has 2 bridgehead atoms. The number of hydrogen-bond acceptors (Lipinski definition) is 2. The number of hydrogen-bond donors (Lipinski definition) is 1. The molecule has 3 nitrogen and oxygen atoms in total. The first-order valence-corrected chi connectivity index (χ1v) is 8.44. The second-order valence-corrected chi connectivity index (χ2v) is 7.23. The molecule has 0 saturated carbocycles. The van der Waals surface area contributed by atoms with E-state index < -0.39 is 5.72 Å². The van der Waals surface area contributed by atoms with Crippen molar-refractivity contribution in [2.45, 2.75) is 39.0 Å². The topological polar surface area (TPSA) is 24.5 Å². The zero-order valence-corrected chi connectivity index (χ0v) is 14.7. The van der Waals surface area contributed by atoms with Crippen molar-refractivity contribution in [2.75, 3.05) is 4.90 Å². The van der Waals surface area contributed by atoms with Gasteiger partial charge in [-0.2, -0.15) is 0 Å². The van der Waals surface area contributed by atoms with E-state index in [1.165, 1.54) is 23.3 Å². The summed E-state index contributed by atoms with van der Waals surface area (Å²) in [5.41, 5.74) is 3.60. The standard InChI is InChI=1S/C19H19FN2OS/c1-11-6-12(2)8-14(7-11)22-18(24)21-16-10-19(22,3)23-17-5-4-13(20)9-15(16)17/h4-9,16H,10H2,1-3H3,(H,21,24). The van der Waals surface area contributed by atoms with E-state index in [4.69, 9.17) is 17.0 Å². The zero-order chi connectivity index (χ0) is 17.1. The third-order valence-corrected chi connectivity index (χ3v) is 5.00. The van der Waals surface area contributed by atoms with Gasteiger partial charge in [0.05, 0.1) is 6.04 Å². The summed E-state index contributed by atoms with van der Waals surface area (Å²) in [5.74, 6) is 0.449. The first-order chi connectivity index (χ1) is 11.4. The molecule has 2 aliphatic rings. The van der Waals surface area contributed by atoms with Gasteiger partial charge in [0.1, 0.15) is 11.6 Å². The predicted molar refractivity (Wildman–Crippen MR) is 96.9 cm³/mol. The molecule has 0 spiro atoms. The van der Waals surface area contributed by atoms with E-state index in [1.807, 2.05) is 11.8 Å². The number of thiocarbonyl (C=S) groups is 1. The van der Waals surface area contributed by atoms with E-state index >= 15 is 0 Å². The van der Waals surface area contributed by atoms with Crippen LogP contribution in [0, 0.1) is 19.7 Å². The van der Waals surface area contributed by atoms with Crippen LogP contribution in [0.5, 0.6) is 5.75 Å². The zero-order valence-electron chi connectivity index (χ0n) is 13.9. The van der Waals surface area contributed by atoms with E-state index in [0.717, 1.165) is 11.3 Å². The van der Waals surface area contributed by atoms with Gasteiger partial charge >= 0.3 is 0 Å². The molecule has 2 aromatic carbocycles. The Labute approximate surface area is 146 Å². The molecule has 0 aliphatic carbocycles. The van der Waals surface area contributed by atoms with Gasteiger partial charge in [-0.05, 0) is 74.4 Å². The highest BCUT2D eigenvalue weighted by Gasteiger charge is 2.48. The molecule has 0 aromatic heterocycles. The van der Waals surface area contributed by atoms with E-state index in [9.17, 15) is 4.39 Å². The lowest BCUT2D eigenvalue weighted by atomic mass is 9.90. The summed E-state index contributed by atoms with van der Waals surface area (Å²) < 4.78 is 19.9. The monoisotopic (exact) mass is 342 g/mol. The molecule has 1 saturated heterocycles. The molecule has 1 N–H and O–H groups in total. The molecule has 124 valence electrons. The fourth-order valence-electron chi connectivity index (χ4n) is 3.82. The number of halogens is 1. The normalized spacial score (nSPS) is 24.9. The molecule has 5 heteroatoms. The van der Waals surface area contributed by atoms with Crippen LogP contribution in [0.15, 0.2) is 36.4 Å². The minimum Gasteiger partial charge on any atom is -0.467 e. The summed E-state index contributed by atoms with van der Waals surface area (Å²) >= 11 is 5.62. The van der Waals surface area contributed by atoms with E-state index in [0.29, 0.717) is 17.3 Å². The molecule has 0 radical (unpaired) electrons. The first-order valence-electron chi connectivity index (χ1n) is 8.03. The van der Waals surface area contributed by atoms with Gasteiger partial charge in [-0.15, -0.1) is 0 Å². The Bertz CT molecular complexity index is 833. The Morgan fingerprint density at radius 1 is 1.21 bits per heavy atom. The molecular weight excluding hydrogens is 323 g/mol.